The predicted molar refractivity (Wildman–Crippen MR) is 91.9 cm³/mol. The third kappa shape index (κ3) is 3.54. The quantitative estimate of drug-likeness (QED) is 0.661. The van der Waals surface area contributed by atoms with Crippen LogP contribution in [0.3, 0.4) is 0 Å². The molecule has 2 heterocycles. The summed E-state index contributed by atoms with van der Waals surface area (Å²) >= 11 is 5.87. The van der Waals surface area contributed by atoms with E-state index in [9.17, 15) is 27.2 Å². The first kappa shape index (κ1) is 19.3. The van der Waals surface area contributed by atoms with Crippen molar-refractivity contribution in [1.29, 1.82) is 0 Å². The molecular formula is C16H10ClF4N3O2S. The molecule has 5 nitrogen and oxygen atoms in total. The second-order valence-electron chi connectivity index (χ2n) is 5.45. The molecule has 142 valence electrons. The molecule has 11 heteroatoms. The van der Waals surface area contributed by atoms with E-state index in [2.05, 4.69) is 10.3 Å². The van der Waals surface area contributed by atoms with Gasteiger partial charge in [0.25, 0.3) is 11.5 Å². The Kier molecular flexibility index (Phi) is 4.96. The van der Waals surface area contributed by atoms with Gasteiger partial charge in [0.2, 0.25) is 0 Å². The number of aromatic nitrogens is 2. The van der Waals surface area contributed by atoms with E-state index in [-0.39, 0.29) is 39.0 Å². The van der Waals surface area contributed by atoms with Crippen molar-refractivity contribution in [3.63, 3.8) is 0 Å². The number of halogens is 5. The van der Waals surface area contributed by atoms with Gasteiger partial charge in [0, 0.05) is 19.5 Å². The number of nitrogens with one attached hydrogen (secondary N) is 1. The van der Waals surface area contributed by atoms with E-state index in [1.165, 1.54) is 18.2 Å². The largest absolute Gasteiger partial charge is 0.427 e. The molecule has 0 aliphatic rings. The zero-order chi connectivity index (χ0) is 19.9. The first-order valence-electron chi connectivity index (χ1n) is 7.41. The van der Waals surface area contributed by atoms with E-state index < -0.39 is 34.0 Å². The Morgan fingerprint density at radius 1 is 1.37 bits per heavy atom. The molecule has 2 aromatic heterocycles. The summed E-state index contributed by atoms with van der Waals surface area (Å²) in [5.74, 6) is -1.76. The fraction of sp³-hybridized carbons (Fsp3) is 0.188. The van der Waals surface area contributed by atoms with Crippen LogP contribution in [-0.4, -0.2) is 22.3 Å². The number of hydrogen-bond acceptors (Lipinski definition) is 4. The van der Waals surface area contributed by atoms with Crippen molar-refractivity contribution in [2.45, 2.75) is 12.6 Å². The van der Waals surface area contributed by atoms with Crippen LogP contribution in [0.4, 0.5) is 17.6 Å². The summed E-state index contributed by atoms with van der Waals surface area (Å²) in [6.07, 6.45) is -4.99. The molecular weight excluding hydrogens is 410 g/mol. The summed E-state index contributed by atoms with van der Waals surface area (Å²) in [5, 5.41) is 1.96. The molecule has 0 aliphatic carbocycles. The fourth-order valence-electron chi connectivity index (χ4n) is 2.51. The van der Waals surface area contributed by atoms with Crippen LogP contribution >= 0.6 is 22.9 Å². The minimum absolute atomic E-state index is 0.0552. The normalized spacial score (nSPS) is 11.8. The highest BCUT2D eigenvalue weighted by atomic mass is 35.5. The first-order valence-corrected chi connectivity index (χ1v) is 8.60. The van der Waals surface area contributed by atoms with Gasteiger partial charge >= 0.3 is 6.18 Å². The third-order valence-corrected chi connectivity index (χ3v) is 5.05. The maximum atomic E-state index is 14.0. The van der Waals surface area contributed by atoms with Gasteiger partial charge in [-0.3, -0.25) is 9.59 Å². The number of nitrogens with zero attached hydrogens (tertiary/aromatic N) is 2. The Morgan fingerprint density at radius 2 is 2.07 bits per heavy atom. The smallest absolute Gasteiger partial charge is 0.354 e. The number of benzene rings is 1. The van der Waals surface area contributed by atoms with Crippen LogP contribution in [0.2, 0.25) is 5.02 Å². The molecule has 0 saturated heterocycles. The van der Waals surface area contributed by atoms with Gasteiger partial charge in [-0.1, -0.05) is 35.1 Å². The molecule has 1 amide bonds. The van der Waals surface area contributed by atoms with Crippen LogP contribution in [-0.2, 0) is 12.6 Å². The molecule has 0 spiro atoms. The molecule has 1 N–H and O–H groups in total. The SMILES string of the molecule is CNC(=O)c1c(C(F)(F)F)sc2nc(Cc3cccc(Cl)c3F)cc(=O)n12. The van der Waals surface area contributed by atoms with Crippen molar-refractivity contribution in [3.8, 4) is 0 Å². The van der Waals surface area contributed by atoms with E-state index in [4.69, 9.17) is 11.6 Å². The topological polar surface area (TPSA) is 63.5 Å². The van der Waals surface area contributed by atoms with Crippen LogP contribution in [0.1, 0.15) is 26.6 Å². The highest BCUT2D eigenvalue weighted by molar-refractivity contribution is 7.17. The number of carbonyl (C=O) groups excluding carboxylic acids is 1. The zero-order valence-corrected chi connectivity index (χ0v) is 15.1. The van der Waals surface area contributed by atoms with Gasteiger partial charge in [-0.05, 0) is 11.6 Å². The number of alkyl halides is 3. The number of carbonyl (C=O) groups is 1. The Morgan fingerprint density at radius 3 is 2.70 bits per heavy atom. The predicted octanol–water partition coefficient (Wildman–Crippen LogP) is 3.52. The molecule has 3 aromatic rings. The van der Waals surface area contributed by atoms with Crippen LogP contribution in [0.25, 0.3) is 4.96 Å². The molecule has 3 rings (SSSR count). The number of rotatable bonds is 3. The van der Waals surface area contributed by atoms with Gasteiger partial charge in [-0.25, -0.2) is 13.8 Å². The second-order valence-corrected chi connectivity index (χ2v) is 6.83. The summed E-state index contributed by atoms with van der Waals surface area (Å²) in [7, 11) is 1.15. The minimum Gasteiger partial charge on any atom is -0.354 e. The molecule has 27 heavy (non-hydrogen) atoms. The number of hydrogen-bond donors (Lipinski definition) is 1. The molecule has 0 unspecified atom stereocenters. The third-order valence-electron chi connectivity index (χ3n) is 3.68. The van der Waals surface area contributed by atoms with Gasteiger partial charge in [0.1, 0.15) is 16.4 Å². The van der Waals surface area contributed by atoms with Crippen molar-refractivity contribution in [3.05, 3.63) is 67.3 Å². The van der Waals surface area contributed by atoms with E-state index in [1.807, 2.05) is 0 Å². The maximum Gasteiger partial charge on any atom is 0.427 e. The van der Waals surface area contributed by atoms with Gasteiger partial charge in [0.15, 0.2) is 4.96 Å². The highest BCUT2D eigenvalue weighted by Gasteiger charge is 2.40. The van der Waals surface area contributed by atoms with Crippen LogP contribution in [0.15, 0.2) is 29.1 Å². The van der Waals surface area contributed by atoms with Crippen LogP contribution in [0, 0.1) is 5.82 Å². The summed E-state index contributed by atoms with van der Waals surface area (Å²) < 4.78 is 54.5. The first-order chi connectivity index (χ1) is 12.6. The lowest BCUT2D eigenvalue weighted by atomic mass is 10.1. The minimum atomic E-state index is -4.84. The molecule has 0 fully saturated rings. The lowest BCUT2D eigenvalue weighted by Crippen LogP contribution is -2.27. The molecule has 0 atom stereocenters. The average Bonchev–Trinajstić information content (AvgIpc) is 2.98. The van der Waals surface area contributed by atoms with E-state index in [0.717, 1.165) is 13.1 Å². The van der Waals surface area contributed by atoms with Gasteiger partial charge in [-0.2, -0.15) is 13.2 Å². The Bertz CT molecular complexity index is 1110. The van der Waals surface area contributed by atoms with Crippen LogP contribution < -0.4 is 10.9 Å². The molecule has 0 saturated carbocycles. The lowest BCUT2D eigenvalue weighted by molar-refractivity contribution is -0.134. The Hall–Kier alpha value is -2.46. The molecule has 0 radical (unpaired) electrons. The maximum absolute atomic E-state index is 14.0. The summed E-state index contributed by atoms with van der Waals surface area (Å²) in [6.45, 7) is 0. The fourth-order valence-corrected chi connectivity index (χ4v) is 3.72. The van der Waals surface area contributed by atoms with E-state index in [1.54, 1.807) is 0 Å². The van der Waals surface area contributed by atoms with Crippen molar-refractivity contribution in [2.75, 3.05) is 7.05 Å². The summed E-state index contributed by atoms with van der Waals surface area (Å²) in [5.41, 5.74) is -1.51. The number of fused-ring (bicyclic) bond motifs is 1. The number of amides is 1. The summed E-state index contributed by atoms with van der Waals surface area (Å²) in [6, 6.07) is 5.24. The molecule has 0 aliphatic heterocycles. The van der Waals surface area contributed by atoms with E-state index >= 15 is 0 Å². The Balaban J connectivity index is 2.19. The Labute approximate surface area is 158 Å². The number of thiazole rings is 1. The van der Waals surface area contributed by atoms with Crippen LogP contribution in [0.5, 0.6) is 0 Å². The monoisotopic (exact) mass is 419 g/mol. The standard InChI is InChI=1S/C16H10ClF4N3O2S/c1-22-14(26)12-13(16(19,20)21)27-15-23-8(6-10(25)24(12)15)5-7-3-2-4-9(17)11(7)18/h2-4,6H,5H2,1H3,(H,22,26). The zero-order valence-electron chi connectivity index (χ0n) is 13.5. The van der Waals surface area contributed by atoms with Crippen molar-refractivity contribution >= 4 is 33.8 Å². The van der Waals surface area contributed by atoms with Crippen molar-refractivity contribution in [2.24, 2.45) is 0 Å². The second kappa shape index (κ2) is 6.93. The van der Waals surface area contributed by atoms with Crippen molar-refractivity contribution < 1.29 is 22.4 Å². The molecule has 0 bridgehead atoms. The average molecular weight is 420 g/mol. The van der Waals surface area contributed by atoms with E-state index in [0.29, 0.717) is 4.40 Å². The van der Waals surface area contributed by atoms with Gasteiger partial charge < -0.3 is 5.32 Å². The molecule has 1 aromatic carbocycles. The summed E-state index contributed by atoms with van der Waals surface area (Å²) in [4.78, 5) is 26.7. The van der Waals surface area contributed by atoms with Crippen molar-refractivity contribution in [1.82, 2.24) is 14.7 Å². The lowest BCUT2D eigenvalue weighted by Gasteiger charge is -2.07. The van der Waals surface area contributed by atoms with Gasteiger partial charge in [-0.15, -0.1) is 0 Å². The van der Waals surface area contributed by atoms with Gasteiger partial charge in [0.05, 0.1) is 10.7 Å². The highest BCUT2D eigenvalue weighted by Crippen LogP contribution is 2.37.